The van der Waals surface area contributed by atoms with Crippen LogP contribution in [0.3, 0.4) is 0 Å². The van der Waals surface area contributed by atoms with Crippen LogP contribution in [-0.2, 0) is 24.4 Å². The zero-order valence-electron chi connectivity index (χ0n) is 32.5. The molecule has 302 valence electrons. The highest BCUT2D eigenvalue weighted by Gasteiger charge is 2.63. The number of imidazole rings is 1. The molecular weight excluding hydrogens is 762 g/mol. The SMILES string of the molecule is C[C@H]1CCC=C[C@@H]2C[C@@]2(C(=O)NS(=O)(=O)C2(C)CC2)NC(=O)[C@@H]2C[C@@H](Oc3nc4nccn4c4ccc(Cl)cc34)CN2C(=O)[C@@H](N(C(=O)O)C(C)(C)C)[C@H](C)C1. The molecule has 0 unspecified atom stereocenters. The van der Waals surface area contributed by atoms with E-state index >= 15 is 4.79 Å². The number of amides is 4. The maximum atomic E-state index is 15.1. The number of allylic oxidation sites excluding steroid dienone is 1. The summed E-state index contributed by atoms with van der Waals surface area (Å²) in [6.07, 6.45) is 7.94. The van der Waals surface area contributed by atoms with E-state index in [1.54, 1.807) is 56.6 Å². The Balaban J connectivity index is 1.29. The number of aromatic nitrogens is 3. The summed E-state index contributed by atoms with van der Waals surface area (Å²) in [5.41, 5.74) is -1.84. The van der Waals surface area contributed by atoms with Gasteiger partial charge in [-0.2, -0.15) is 4.98 Å². The van der Waals surface area contributed by atoms with E-state index in [1.165, 1.54) is 9.80 Å². The molecule has 3 fully saturated rings. The average molecular weight is 812 g/mol. The molecule has 0 spiro atoms. The number of carboxylic acid groups (broad SMARTS) is 1. The smallest absolute Gasteiger partial charge is 0.408 e. The van der Waals surface area contributed by atoms with Gasteiger partial charge >= 0.3 is 6.09 Å². The Morgan fingerprint density at radius 1 is 1.16 bits per heavy atom. The maximum absolute atomic E-state index is 15.1. The largest absolute Gasteiger partial charge is 0.472 e. The second kappa shape index (κ2) is 14.2. The van der Waals surface area contributed by atoms with Crippen molar-refractivity contribution in [3.63, 3.8) is 0 Å². The van der Waals surface area contributed by atoms with E-state index in [9.17, 15) is 27.9 Å². The van der Waals surface area contributed by atoms with Crippen molar-refractivity contribution in [2.24, 2.45) is 17.8 Å². The monoisotopic (exact) mass is 811 g/mol. The molecule has 4 heterocycles. The van der Waals surface area contributed by atoms with Gasteiger partial charge in [-0.25, -0.2) is 18.2 Å². The van der Waals surface area contributed by atoms with Gasteiger partial charge in [-0.15, -0.1) is 0 Å². The van der Waals surface area contributed by atoms with Crippen LogP contribution in [0.4, 0.5) is 4.79 Å². The number of carbonyl (C=O) groups excluding carboxylic acids is 3. The van der Waals surface area contributed by atoms with E-state index in [0.717, 1.165) is 11.9 Å². The molecule has 7 atom stereocenters. The fourth-order valence-electron chi connectivity index (χ4n) is 8.42. The predicted molar refractivity (Wildman–Crippen MR) is 208 cm³/mol. The lowest BCUT2D eigenvalue weighted by atomic mass is 9.85. The van der Waals surface area contributed by atoms with E-state index < -0.39 is 79.7 Å². The van der Waals surface area contributed by atoms with Gasteiger partial charge in [0.2, 0.25) is 33.5 Å². The van der Waals surface area contributed by atoms with Crippen LogP contribution in [0.2, 0.25) is 5.02 Å². The first kappa shape index (κ1) is 39.8. The molecule has 1 saturated heterocycles. The normalized spacial score (nSPS) is 29.4. The molecule has 1 aromatic carbocycles. The molecule has 15 nitrogen and oxygen atoms in total. The fraction of sp³-hybridized carbons (Fsp3) is 0.590. The topological polar surface area (TPSA) is 193 Å². The van der Waals surface area contributed by atoms with Gasteiger partial charge in [0.25, 0.3) is 5.91 Å². The molecule has 3 aromatic rings. The number of halogens is 1. The summed E-state index contributed by atoms with van der Waals surface area (Å²) in [5, 5.41) is 14.5. The summed E-state index contributed by atoms with van der Waals surface area (Å²) in [6, 6.07) is 2.87. The van der Waals surface area contributed by atoms with Crippen LogP contribution in [0.25, 0.3) is 16.7 Å². The molecule has 56 heavy (non-hydrogen) atoms. The molecule has 3 N–H and O–H groups in total. The van der Waals surface area contributed by atoms with Gasteiger partial charge in [-0.05, 0) is 96.3 Å². The van der Waals surface area contributed by atoms with Gasteiger partial charge in [-0.3, -0.25) is 28.4 Å². The van der Waals surface area contributed by atoms with Gasteiger partial charge in [0.1, 0.15) is 23.7 Å². The Morgan fingerprint density at radius 2 is 1.89 bits per heavy atom. The summed E-state index contributed by atoms with van der Waals surface area (Å²) in [6.45, 7) is 10.6. The molecular formula is C39H50ClN7O8S. The Bertz CT molecular complexity index is 2230. The molecule has 0 radical (unpaired) electrons. The number of hydrogen-bond acceptors (Lipinski definition) is 9. The van der Waals surface area contributed by atoms with Crippen LogP contribution in [0.5, 0.6) is 5.88 Å². The molecule has 4 aliphatic rings. The minimum atomic E-state index is -4.03. The summed E-state index contributed by atoms with van der Waals surface area (Å²) in [7, 11) is -4.03. The highest BCUT2D eigenvalue weighted by atomic mass is 35.5. The number of sulfonamides is 1. The van der Waals surface area contributed by atoms with Crippen molar-refractivity contribution in [1.82, 2.24) is 34.2 Å². The molecule has 2 saturated carbocycles. The van der Waals surface area contributed by atoms with Gasteiger partial charge in [-0.1, -0.05) is 37.6 Å². The van der Waals surface area contributed by atoms with Crippen LogP contribution in [0.15, 0.2) is 42.7 Å². The second-order valence-corrected chi connectivity index (χ2v) is 20.0. The van der Waals surface area contributed by atoms with E-state index in [4.69, 9.17) is 16.3 Å². The number of nitrogens with zero attached hydrogens (tertiary/aromatic N) is 5. The zero-order valence-corrected chi connectivity index (χ0v) is 34.1. The molecule has 2 aromatic heterocycles. The maximum Gasteiger partial charge on any atom is 0.408 e. The summed E-state index contributed by atoms with van der Waals surface area (Å²) in [4.78, 5) is 68.2. The van der Waals surface area contributed by atoms with E-state index in [-0.39, 0.29) is 31.2 Å². The molecule has 2 aliphatic carbocycles. The average Bonchev–Trinajstić information content (AvgIpc) is 3.89. The molecule has 2 aliphatic heterocycles. The number of fused-ring (bicyclic) bond motifs is 5. The first-order chi connectivity index (χ1) is 26.2. The van der Waals surface area contributed by atoms with E-state index in [1.807, 2.05) is 25.1 Å². The van der Waals surface area contributed by atoms with Gasteiger partial charge in [0.05, 0.1) is 22.2 Å². The van der Waals surface area contributed by atoms with Crippen molar-refractivity contribution >= 4 is 62.1 Å². The third-order valence-corrected chi connectivity index (χ3v) is 14.4. The van der Waals surface area contributed by atoms with Crippen molar-refractivity contribution in [3.05, 3.63) is 47.8 Å². The molecule has 0 bridgehead atoms. The van der Waals surface area contributed by atoms with Crippen LogP contribution >= 0.6 is 11.6 Å². The number of nitrogens with one attached hydrogen (secondary N) is 2. The van der Waals surface area contributed by atoms with E-state index in [0.29, 0.717) is 41.9 Å². The summed E-state index contributed by atoms with van der Waals surface area (Å²) in [5.74, 6) is -2.36. The number of ether oxygens (including phenoxy) is 1. The highest BCUT2D eigenvalue weighted by Crippen LogP contribution is 2.48. The minimum Gasteiger partial charge on any atom is -0.472 e. The van der Waals surface area contributed by atoms with Crippen molar-refractivity contribution in [1.29, 1.82) is 0 Å². The lowest BCUT2D eigenvalue weighted by Gasteiger charge is -2.43. The fourth-order valence-corrected chi connectivity index (χ4v) is 9.90. The first-order valence-electron chi connectivity index (χ1n) is 19.2. The third kappa shape index (κ3) is 7.30. The van der Waals surface area contributed by atoms with Crippen LogP contribution in [-0.4, -0.2) is 102 Å². The Kier molecular flexibility index (Phi) is 10.1. The van der Waals surface area contributed by atoms with Crippen molar-refractivity contribution < 1.29 is 37.4 Å². The standard InChI is InChI=1S/C39H50ClN7O8S/c1-22-9-7-8-10-24-20-39(24,34(50)44-56(53,54)38(6)13-14-38)43-31(48)29-19-26(21-46(29)33(49)30(23(2)17-22)47(36(51)52)37(3,4)5)55-32-27-18-25(40)11-12-28(27)45-16-15-41-35(45)42-32/h8,10-12,15-16,18,22-24,26,29-30H,7,9,13-14,17,19-21H2,1-6H3,(H,43,48)(H,44,50)(H,51,52)/t22-,23+,24+,26+,29-,30-,39+/m0/s1. The zero-order chi connectivity index (χ0) is 40.5. The number of carbonyl (C=O) groups is 4. The van der Waals surface area contributed by atoms with Gasteiger partial charge in [0.15, 0.2) is 0 Å². The van der Waals surface area contributed by atoms with Crippen LogP contribution in [0, 0.1) is 17.8 Å². The van der Waals surface area contributed by atoms with Crippen molar-refractivity contribution in [2.45, 2.75) is 121 Å². The lowest BCUT2D eigenvalue weighted by Crippen LogP contribution is -2.62. The molecule has 7 rings (SSSR count). The first-order valence-corrected chi connectivity index (χ1v) is 21.1. The number of benzene rings is 1. The Morgan fingerprint density at radius 3 is 2.57 bits per heavy atom. The summed E-state index contributed by atoms with van der Waals surface area (Å²) < 4.78 is 36.0. The second-order valence-electron chi connectivity index (χ2n) is 17.4. The number of hydrogen-bond donors (Lipinski definition) is 3. The van der Waals surface area contributed by atoms with E-state index in [2.05, 4.69) is 26.9 Å². The van der Waals surface area contributed by atoms with Crippen molar-refractivity contribution in [2.75, 3.05) is 6.54 Å². The molecule has 17 heteroatoms. The van der Waals surface area contributed by atoms with Crippen molar-refractivity contribution in [3.8, 4) is 5.88 Å². The third-order valence-electron chi connectivity index (χ3n) is 12.0. The molecule has 4 amide bonds. The van der Waals surface area contributed by atoms with Crippen LogP contribution < -0.4 is 14.8 Å². The summed E-state index contributed by atoms with van der Waals surface area (Å²) >= 11 is 6.41. The quantitative estimate of drug-likeness (QED) is 0.288. The predicted octanol–water partition coefficient (Wildman–Crippen LogP) is 4.92. The Hall–Kier alpha value is -4.44. The minimum absolute atomic E-state index is 0.0321. The lowest BCUT2D eigenvalue weighted by molar-refractivity contribution is -0.146. The van der Waals surface area contributed by atoms with Gasteiger partial charge in [0, 0.05) is 35.3 Å². The number of rotatable bonds is 6. The van der Waals surface area contributed by atoms with Gasteiger partial charge < -0.3 is 20.1 Å². The highest BCUT2D eigenvalue weighted by molar-refractivity contribution is 7.91. The Labute approximate surface area is 331 Å². The van der Waals surface area contributed by atoms with Crippen LogP contribution in [0.1, 0.15) is 86.5 Å².